The number of carbonyl (C=O) groups is 2. The van der Waals surface area contributed by atoms with Crippen LogP contribution in [0.25, 0.3) is 0 Å². The lowest BCUT2D eigenvalue weighted by molar-refractivity contribution is -0.118. The number of aryl methyl sites for hydroxylation is 2. The van der Waals surface area contributed by atoms with E-state index in [1.165, 1.54) is 0 Å². The number of hydrogen-bond acceptors (Lipinski definition) is 3. The second-order valence-corrected chi connectivity index (χ2v) is 6.56. The summed E-state index contributed by atoms with van der Waals surface area (Å²) in [5.74, 6) is 0.242. The lowest BCUT2D eigenvalue weighted by Gasteiger charge is -2.10. The Morgan fingerprint density at radius 2 is 1.36 bits per heavy atom. The van der Waals surface area contributed by atoms with Gasteiger partial charge in [-0.15, -0.1) is 0 Å². The molecule has 3 aromatic carbocycles. The molecule has 28 heavy (non-hydrogen) atoms. The van der Waals surface area contributed by atoms with E-state index in [2.05, 4.69) is 10.6 Å². The number of amides is 2. The van der Waals surface area contributed by atoms with Crippen molar-refractivity contribution in [3.63, 3.8) is 0 Å². The standard InChI is InChI=1S/C23H22N2O3/c1-16-12-17(2)14-21(13-16)28-15-22(26)24-19-8-10-20(11-9-19)25-23(27)18-6-4-3-5-7-18/h3-14H,15H2,1-2H3,(H,24,26)(H,25,27). The second-order valence-electron chi connectivity index (χ2n) is 6.56. The summed E-state index contributed by atoms with van der Waals surface area (Å²) in [5, 5.41) is 5.60. The summed E-state index contributed by atoms with van der Waals surface area (Å²) < 4.78 is 5.56. The largest absolute Gasteiger partial charge is 0.484 e. The average Bonchev–Trinajstić information content (AvgIpc) is 2.68. The van der Waals surface area contributed by atoms with E-state index in [1.54, 1.807) is 36.4 Å². The minimum absolute atomic E-state index is 0.0740. The van der Waals surface area contributed by atoms with Gasteiger partial charge in [0.15, 0.2) is 6.61 Å². The molecule has 0 aliphatic rings. The molecule has 5 heteroatoms. The summed E-state index contributed by atoms with van der Waals surface area (Å²) in [7, 11) is 0. The summed E-state index contributed by atoms with van der Waals surface area (Å²) in [4.78, 5) is 24.2. The van der Waals surface area contributed by atoms with E-state index < -0.39 is 0 Å². The highest BCUT2D eigenvalue weighted by Gasteiger charge is 2.07. The Bertz CT molecular complexity index is 947. The van der Waals surface area contributed by atoms with E-state index in [0.717, 1.165) is 11.1 Å². The number of benzene rings is 3. The smallest absolute Gasteiger partial charge is 0.262 e. The van der Waals surface area contributed by atoms with Gasteiger partial charge in [-0.2, -0.15) is 0 Å². The molecule has 2 amide bonds. The van der Waals surface area contributed by atoms with Crippen molar-refractivity contribution in [1.82, 2.24) is 0 Å². The molecule has 0 aromatic heterocycles. The van der Waals surface area contributed by atoms with E-state index in [1.807, 2.05) is 50.2 Å². The van der Waals surface area contributed by atoms with Crippen LogP contribution in [-0.4, -0.2) is 18.4 Å². The van der Waals surface area contributed by atoms with Crippen molar-refractivity contribution in [2.45, 2.75) is 13.8 Å². The average molecular weight is 374 g/mol. The third-order valence-corrected chi connectivity index (χ3v) is 4.03. The normalized spacial score (nSPS) is 10.2. The van der Waals surface area contributed by atoms with Crippen molar-refractivity contribution in [3.8, 4) is 5.75 Å². The number of nitrogens with one attached hydrogen (secondary N) is 2. The number of rotatable bonds is 6. The third-order valence-electron chi connectivity index (χ3n) is 4.03. The maximum atomic E-state index is 12.1. The summed E-state index contributed by atoms with van der Waals surface area (Å²) in [6.07, 6.45) is 0. The monoisotopic (exact) mass is 374 g/mol. The van der Waals surface area contributed by atoms with Gasteiger partial charge in [-0.1, -0.05) is 24.3 Å². The zero-order valence-corrected chi connectivity index (χ0v) is 15.9. The lowest BCUT2D eigenvalue weighted by atomic mass is 10.1. The first-order valence-corrected chi connectivity index (χ1v) is 8.97. The van der Waals surface area contributed by atoms with Crippen LogP contribution in [0.1, 0.15) is 21.5 Å². The van der Waals surface area contributed by atoms with Crippen molar-refractivity contribution in [1.29, 1.82) is 0 Å². The van der Waals surface area contributed by atoms with Crippen LogP contribution in [0.5, 0.6) is 5.75 Å². The van der Waals surface area contributed by atoms with E-state index in [-0.39, 0.29) is 18.4 Å². The fraction of sp³-hybridized carbons (Fsp3) is 0.130. The molecule has 0 fully saturated rings. The molecule has 2 N–H and O–H groups in total. The van der Waals surface area contributed by atoms with Gasteiger partial charge >= 0.3 is 0 Å². The Balaban J connectivity index is 1.52. The van der Waals surface area contributed by atoms with Crippen molar-refractivity contribution in [2.75, 3.05) is 17.2 Å². The van der Waals surface area contributed by atoms with E-state index in [0.29, 0.717) is 22.7 Å². The van der Waals surface area contributed by atoms with Gasteiger partial charge in [0.2, 0.25) is 0 Å². The number of carbonyl (C=O) groups excluding carboxylic acids is 2. The maximum absolute atomic E-state index is 12.1. The Labute approximate surface area is 164 Å². The number of hydrogen-bond donors (Lipinski definition) is 2. The van der Waals surface area contributed by atoms with Gasteiger partial charge in [0, 0.05) is 16.9 Å². The van der Waals surface area contributed by atoms with Crippen LogP contribution in [0.2, 0.25) is 0 Å². The zero-order chi connectivity index (χ0) is 19.9. The van der Waals surface area contributed by atoms with Crippen molar-refractivity contribution >= 4 is 23.2 Å². The molecule has 0 saturated carbocycles. The number of ether oxygens (including phenoxy) is 1. The molecule has 0 heterocycles. The molecule has 3 rings (SSSR count). The van der Waals surface area contributed by atoms with Gasteiger partial charge in [0.25, 0.3) is 11.8 Å². The molecular weight excluding hydrogens is 352 g/mol. The van der Waals surface area contributed by atoms with Gasteiger partial charge in [0.1, 0.15) is 5.75 Å². The van der Waals surface area contributed by atoms with Gasteiger partial charge < -0.3 is 15.4 Å². The molecule has 0 saturated heterocycles. The highest BCUT2D eigenvalue weighted by molar-refractivity contribution is 6.04. The van der Waals surface area contributed by atoms with Crippen molar-refractivity contribution in [3.05, 3.63) is 89.5 Å². The molecule has 0 unspecified atom stereocenters. The summed E-state index contributed by atoms with van der Waals surface area (Å²) in [5.41, 5.74) is 4.04. The van der Waals surface area contributed by atoms with E-state index in [4.69, 9.17) is 4.74 Å². The Morgan fingerprint density at radius 3 is 1.96 bits per heavy atom. The molecule has 0 atom stereocenters. The second kappa shape index (κ2) is 8.86. The minimum Gasteiger partial charge on any atom is -0.484 e. The Morgan fingerprint density at radius 1 is 0.786 bits per heavy atom. The number of anilines is 2. The molecule has 0 aliphatic carbocycles. The first-order chi connectivity index (χ1) is 13.5. The fourth-order valence-electron chi connectivity index (χ4n) is 2.79. The summed E-state index contributed by atoms with van der Waals surface area (Å²) >= 11 is 0. The first-order valence-electron chi connectivity index (χ1n) is 8.97. The predicted molar refractivity (Wildman–Crippen MR) is 111 cm³/mol. The molecule has 142 valence electrons. The minimum atomic E-state index is -0.250. The van der Waals surface area contributed by atoms with Crippen LogP contribution in [-0.2, 0) is 4.79 Å². The Kier molecular flexibility index (Phi) is 6.07. The summed E-state index contributed by atoms with van der Waals surface area (Å²) in [6, 6.07) is 21.8. The zero-order valence-electron chi connectivity index (χ0n) is 15.9. The molecule has 0 bridgehead atoms. The van der Waals surface area contributed by atoms with Gasteiger partial charge in [0.05, 0.1) is 0 Å². The molecule has 3 aromatic rings. The van der Waals surface area contributed by atoms with E-state index >= 15 is 0 Å². The summed E-state index contributed by atoms with van der Waals surface area (Å²) in [6.45, 7) is 3.89. The van der Waals surface area contributed by atoms with Crippen LogP contribution in [0.15, 0.2) is 72.8 Å². The Hall–Kier alpha value is -3.60. The highest BCUT2D eigenvalue weighted by atomic mass is 16.5. The van der Waals surface area contributed by atoms with Gasteiger partial charge in [-0.3, -0.25) is 9.59 Å². The molecule has 5 nitrogen and oxygen atoms in total. The predicted octanol–water partition coefficient (Wildman–Crippen LogP) is 4.57. The quantitative estimate of drug-likeness (QED) is 0.664. The highest BCUT2D eigenvalue weighted by Crippen LogP contribution is 2.17. The lowest BCUT2D eigenvalue weighted by Crippen LogP contribution is -2.20. The topological polar surface area (TPSA) is 67.4 Å². The SMILES string of the molecule is Cc1cc(C)cc(OCC(=O)Nc2ccc(NC(=O)c3ccccc3)cc2)c1. The van der Waals surface area contributed by atoms with Crippen LogP contribution < -0.4 is 15.4 Å². The van der Waals surface area contributed by atoms with Crippen LogP contribution in [0.4, 0.5) is 11.4 Å². The van der Waals surface area contributed by atoms with Crippen LogP contribution in [0.3, 0.4) is 0 Å². The van der Waals surface area contributed by atoms with Crippen LogP contribution in [0, 0.1) is 13.8 Å². The van der Waals surface area contributed by atoms with Gasteiger partial charge in [-0.05, 0) is 73.5 Å². The first kappa shape index (κ1) is 19.2. The fourth-order valence-corrected chi connectivity index (χ4v) is 2.79. The maximum Gasteiger partial charge on any atom is 0.262 e. The van der Waals surface area contributed by atoms with Crippen molar-refractivity contribution < 1.29 is 14.3 Å². The van der Waals surface area contributed by atoms with Crippen molar-refractivity contribution in [2.24, 2.45) is 0 Å². The third kappa shape index (κ3) is 5.45. The molecule has 0 radical (unpaired) electrons. The molecule has 0 spiro atoms. The van der Waals surface area contributed by atoms with Crippen LogP contribution >= 0.6 is 0 Å². The van der Waals surface area contributed by atoms with E-state index in [9.17, 15) is 9.59 Å². The molecular formula is C23H22N2O3. The van der Waals surface area contributed by atoms with Gasteiger partial charge in [-0.25, -0.2) is 0 Å². The molecule has 0 aliphatic heterocycles.